The summed E-state index contributed by atoms with van der Waals surface area (Å²) in [5.74, 6) is 0.251. The third kappa shape index (κ3) is 2.55. The molecule has 2 unspecified atom stereocenters. The van der Waals surface area contributed by atoms with Crippen LogP contribution in [0.4, 0.5) is 0 Å². The van der Waals surface area contributed by atoms with E-state index < -0.39 is 0 Å². The summed E-state index contributed by atoms with van der Waals surface area (Å²) in [6.07, 6.45) is 3.63. The molecule has 0 aromatic heterocycles. The van der Waals surface area contributed by atoms with Gasteiger partial charge < -0.3 is 10.2 Å². The van der Waals surface area contributed by atoms with Crippen molar-refractivity contribution in [2.45, 2.75) is 44.3 Å². The van der Waals surface area contributed by atoms with E-state index in [9.17, 15) is 4.79 Å². The molecule has 1 saturated carbocycles. The predicted molar refractivity (Wildman–Crippen MR) is 64.3 cm³/mol. The molecule has 1 amide bonds. The number of likely N-dealkylation sites (tertiary alicyclic amines) is 1. The number of amides is 1. The summed E-state index contributed by atoms with van der Waals surface area (Å²) in [6.45, 7) is 4.04. The maximum Gasteiger partial charge on any atom is 0.239 e. The van der Waals surface area contributed by atoms with E-state index in [2.05, 4.69) is 24.2 Å². The van der Waals surface area contributed by atoms with Crippen molar-refractivity contribution >= 4 is 5.91 Å². The number of hydrogen-bond donors (Lipinski definition) is 1. The Bertz CT molecular complexity index is 265. The lowest BCUT2D eigenvalue weighted by molar-refractivity contribution is -0.128. The first-order valence-corrected chi connectivity index (χ1v) is 6.30. The smallest absolute Gasteiger partial charge is 0.239 e. The second-order valence-electron chi connectivity index (χ2n) is 5.25. The van der Waals surface area contributed by atoms with E-state index in [1.165, 1.54) is 12.8 Å². The van der Waals surface area contributed by atoms with Crippen LogP contribution in [0.25, 0.3) is 0 Å². The van der Waals surface area contributed by atoms with Crippen LogP contribution in [0.5, 0.6) is 0 Å². The quantitative estimate of drug-likeness (QED) is 0.730. The van der Waals surface area contributed by atoms with Crippen molar-refractivity contribution in [3.8, 4) is 0 Å². The molecule has 92 valence electrons. The van der Waals surface area contributed by atoms with E-state index in [0.717, 1.165) is 25.6 Å². The van der Waals surface area contributed by atoms with Crippen LogP contribution >= 0.6 is 0 Å². The van der Waals surface area contributed by atoms with E-state index in [0.29, 0.717) is 6.04 Å². The maximum atomic E-state index is 11.7. The van der Waals surface area contributed by atoms with Gasteiger partial charge in [0.15, 0.2) is 0 Å². The molecule has 1 aliphatic carbocycles. The average Bonchev–Trinajstić information content (AvgIpc) is 3.06. The molecule has 4 heteroatoms. The van der Waals surface area contributed by atoms with Gasteiger partial charge in [-0.05, 0) is 33.2 Å². The van der Waals surface area contributed by atoms with Gasteiger partial charge in [0, 0.05) is 32.2 Å². The van der Waals surface area contributed by atoms with Crippen LogP contribution in [0.15, 0.2) is 0 Å². The van der Waals surface area contributed by atoms with Crippen molar-refractivity contribution in [3.63, 3.8) is 0 Å². The number of likely N-dealkylation sites (N-methyl/N-ethyl adjacent to an activating group) is 2. The summed E-state index contributed by atoms with van der Waals surface area (Å²) in [5, 5.41) is 3.39. The van der Waals surface area contributed by atoms with E-state index in [1.54, 1.807) is 0 Å². The Labute approximate surface area is 98.0 Å². The number of hydrogen-bond acceptors (Lipinski definition) is 3. The Kier molecular flexibility index (Phi) is 3.50. The number of nitrogens with one attached hydrogen (secondary N) is 1. The lowest BCUT2D eigenvalue weighted by Crippen LogP contribution is -2.45. The monoisotopic (exact) mass is 225 g/mol. The zero-order valence-electron chi connectivity index (χ0n) is 10.6. The molecule has 2 fully saturated rings. The van der Waals surface area contributed by atoms with Gasteiger partial charge >= 0.3 is 0 Å². The van der Waals surface area contributed by atoms with Crippen LogP contribution in [0.1, 0.15) is 26.2 Å². The van der Waals surface area contributed by atoms with E-state index >= 15 is 0 Å². The van der Waals surface area contributed by atoms with Gasteiger partial charge in [-0.2, -0.15) is 0 Å². The molecule has 1 N–H and O–H groups in total. The van der Waals surface area contributed by atoms with Crippen molar-refractivity contribution in [1.82, 2.24) is 15.1 Å². The molecule has 0 aromatic carbocycles. The normalized spacial score (nSPS) is 27.9. The van der Waals surface area contributed by atoms with Gasteiger partial charge in [0.1, 0.15) is 0 Å². The summed E-state index contributed by atoms with van der Waals surface area (Å²) < 4.78 is 0. The predicted octanol–water partition coefficient (Wildman–Crippen LogP) is 0.289. The Morgan fingerprint density at radius 2 is 2.19 bits per heavy atom. The second-order valence-corrected chi connectivity index (χ2v) is 5.25. The number of carbonyl (C=O) groups is 1. The second kappa shape index (κ2) is 4.72. The molecule has 1 aliphatic heterocycles. The first-order chi connectivity index (χ1) is 7.59. The fourth-order valence-electron chi connectivity index (χ4n) is 2.31. The Morgan fingerprint density at radius 1 is 1.50 bits per heavy atom. The van der Waals surface area contributed by atoms with Crippen LogP contribution in [-0.2, 0) is 4.79 Å². The fourth-order valence-corrected chi connectivity index (χ4v) is 2.31. The minimum absolute atomic E-state index is 0.0556. The SMILES string of the molecule is CC(CNC1CCN(C)C1=O)N(C)C1CC1. The molecular formula is C12H23N3O. The minimum atomic E-state index is 0.0556. The van der Waals surface area contributed by atoms with Crippen LogP contribution in [0, 0.1) is 0 Å². The molecular weight excluding hydrogens is 202 g/mol. The molecule has 1 heterocycles. The third-order valence-electron chi connectivity index (χ3n) is 3.91. The van der Waals surface area contributed by atoms with Crippen molar-refractivity contribution in [2.24, 2.45) is 0 Å². The summed E-state index contributed by atoms with van der Waals surface area (Å²) in [6, 6.07) is 1.37. The molecule has 2 rings (SSSR count). The summed E-state index contributed by atoms with van der Waals surface area (Å²) in [5.41, 5.74) is 0. The number of rotatable bonds is 5. The van der Waals surface area contributed by atoms with Crippen LogP contribution < -0.4 is 5.32 Å². The fraction of sp³-hybridized carbons (Fsp3) is 0.917. The van der Waals surface area contributed by atoms with Gasteiger partial charge in [0.25, 0.3) is 0 Å². The standard InChI is InChI=1S/C12H23N3O/c1-9(15(3)10-4-5-10)8-13-11-6-7-14(2)12(11)16/h9-11,13H,4-8H2,1-3H3. The van der Waals surface area contributed by atoms with Gasteiger partial charge in [0.2, 0.25) is 5.91 Å². The lowest BCUT2D eigenvalue weighted by Gasteiger charge is -2.25. The van der Waals surface area contributed by atoms with E-state index in [1.807, 2.05) is 11.9 Å². The molecule has 4 nitrogen and oxygen atoms in total. The van der Waals surface area contributed by atoms with Gasteiger partial charge in [0.05, 0.1) is 6.04 Å². The molecule has 2 aliphatic rings. The van der Waals surface area contributed by atoms with Crippen molar-refractivity contribution in [3.05, 3.63) is 0 Å². The highest BCUT2D eigenvalue weighted by Gasteiger charge is 2.31. The molecule has 1 saturated heterocycles. The highest BCUT2D eigenvalue weighted by atomic mass is 16.2. The first kappa shape index (κ1) is 11.9. The lowest BCUT2D eigenvalue weighted by atomic mass is 10.2. The van der Waals surface area contributed by atoms with E-state index in [-0.39, 0.29) is 11.9 Å². The molecule has 0 spiro atoms. The minimum Gasteiger partial charge on any atom is -0.344 e. The molecule has 2 atom stereocenters. The van der Waals surface area contributed by atoms with Crippen molar-refractivity contribution < 1.29 is 4.79 Å². The third-order valence-corrected chi connectivity index (χ3v) is 3.91. The summed E-state index contributed by atoms with van der Waals surface area (Å²) >= 11 is 0. The van der Waals surface area contributed by atoms with Gasteiger partial charge in [-0.15, -0.1) is 0 Å². The molecule has 0 aromatic rings. The number of carbonyl (C=O) groups excluding carboxylic acids is 1. The van der Waals surface area contributed by atoms with E-state index in [4.69, 9.17) is 0 Å². The highest BCUT2D eigenvalue weighted by Crippen LogP contribution is 2.26. The summed E-state index contributed by atoms with van der Waals surface area (Å²) in [4.78, 5) is 15.9. The first-order valence-electron chi connectivity index (χ1n) is 6.30. The zero-order valence-corrected chi connectivity index (χ0v) is 10.6. The molecule has 16 heavy (non-hydrogen) atoms. The number of nitrogens with zero attached hydrogens (tertiary/aromatic N) is 2. The topological polar surface area (TPSA) is 35.6 Å². The van der Waals surface area contributed by atoms with Crippen molar-refractivity contribution in [2.75, 3.05) is 27.2 Å². The van der Waals surface area contributed by atoms with Crippen LogP contribution in [0.2, 0.25) is 0 Å². The zero-order chi connectivity index (χ0) is 11.7. The van der Waals surface area contributed by atoms with Gasteiger partial charge in [-0.3, -0.25) is 9.69 Å². The highest BCUT2D eigenvalue weighted by molar-refractivity contribution is 5.83. The Balaban J connectivity index is 1.72. The maximum absolute atomic E-state index is 11.7. The Hall–Kier alpha value is -0.610. The van der Waals surface area contributed by atoms with Crippen LogP contribution in [-0.4, -0.2) is 61.0 Å². The average molecular weight is 225 g/mol. The van der Waals surface area contributed by atoms with Crippen LogP contribution in [0.3, 0.4) is 0 Å². The molecule has 0 bridgehead atoms. The molecule has 0 radical (unpaired) electrons. The Morgan fingerprint density at radius 3 is 2.69 bits per heavy atom. The van der Waals surface area contributed by atoms with Crippen molar-refractivity contribution in [1.29, 1.82) is 0 Å². The van der Waals surface area contributed by atoms with Gasteiger partial charge in [-0.25, -0.2) is 0 Å². The van der Waals surface area contributed by atoms with Gasteiger partial charge in [-0.1, -0.05) is 0 Å². The summed E-state index contributed by atoms with van der Waals surface area (Å²) in [7, 11) is 4.07. The largest absolute Gasteiger partial charge is 0.344 e.